The summed E-state index contributed by atoms with van der Waals surface area (Å²) in [5.41, 5.74) is 0. The van der Waals surface area contributed by atoms with Crippen LogP contribution in [-0.2, 0) is 4.79 Å². The highest BCUT2D eigenvalue weighted by atomic mass is 16.3. The number of aliphatic hydroxyl groups excluding tert-OH is 1. The van der Waals surface area contributed by atoms with Gasteiger partial charge in [0.25, 0.3) is 0 Å². The molecule has 2 rings (SSSR count). The normalized spacial score (nSPS) is 24.2. The van der Waals surface area contributed by atoms with Crippen LogP contribution in [0, 0.1) is 5.92 Å². The predicted molar refractivity (Wildman–Crippen MR) is 62.0 cm³/mol. The van der Waals surface area contributed by atoms with Crippen LogP contribution in [0.1, 0.15) is 32.6 Å². The van der Waals surface area contributed by atoms with Crippen molar-refractivity contribution in [3.05, 3.63) is 0 Å². The molecule has 2 aliphatic rings. The van der Waals surface area contributed by atoms with Gasteiger partial charge in [0.05, 0.1) is 12.1 Å². The molecule has 92 valence electrons. The van der Waals surface area contributed by atoms with Crippen LogP contribution < -0.4 is 5.32 Å². The van der Waals surface area contributed by atoms with E-state index in [2.05, 4.69) is 5.32 Å². The van der Waals surface area contributed by atoms with Gasteiger partial charge in [0, 0.05) is 12.6 Å². The molecule has 0 spiro atoms. The number of likely N-dealkylation sites (N-methyl/N-ethyl adjacent to an activating group) is 1. The minimum Gasteiger partial charge on any atom is -0.392 e. The molecule has 2 atom stereocenters. The monoisotopic (exact) mass is 226 g/mol. The average molecular weight is 226 g/mol. The number of carbonyl (C=O) groups excluding carboxylic acids is 1. The minimum absolute atomic E-state index is 0.0907. The number of hydrogen-bond acceptors (Lipinski definition) is 3. The SMILES string of the molecule is C[C@H](C(=O)NC1CC1)N(C)C[C@H](O)C1CC1. The lowest BCUT2D eigenvalue weighted by molar-refractivity contribution is -0.126. The van der Waals surface area contributed by atoms with Crippen molar-refractivity contribution < 1.29 is 9.90 Å². The number of nitrogens with one attached hydrogen (secondary N) is 1. The van der Waals surface area contributed by atoms with Gasteiger partial charge in [-0.2, -0.15) is 0 Å². The van der Waals surface area contributed by atoms with Crippen molar-refractivity contribution in [1.82, 2.24) is 10.2 Å². The molecule has 4 heteroatoms. The van der Waals surface area contributed by atoms with Gasteiger partial charge in [-0.1, -0.05) is 0 Å². The molecule has 0 aromatic rings. The number of aliphatic hydroxyl groups is 1. The van der Waals surface area contributed by atoms with Crippen LogP contribution >= 0.6 is 0 Å². The Morgan fingerprint density at radius 2 is 2.06 bits per heavy atom. The van der Waals surface area contributed by atoms with Crippen molar-refractivity contribution >= 4 is 5.91 Å². The Bertz CT molecular complexity index is 262. The van der Waals surface area contributed by atoms with E-state index < -0.39 is 0 Å². The summed E-state index contributed by atoms with van der Waals surface area (Å²) in [6.07, 6.45) is 4.25. The van der Waals surface area contributed by atoms with E-state index in [1.54, 1.807) is 0 Å². The fourth-order valence-electron chi connectivity index (χ4n) is 1.83. The molecule has 16 heavy (non-hydrogen) atoms. The van der Waals surface area contributed by atoms with Crippen LogP contribution in [0.25, 0.3) is 0 Å². The van der Waals surface area contributed by atoms with E-state index in [1.807, 2.05) is 18.9 Å². The first-order valence-corrected chi connectivity index (χ1v) is 6.26. The van der Waals surface area contributed by atoms with Crippen LogP contribution in [0.4, 0.5) is 0 Å². The summed E-state index contributed by atoms with van der Waals surface area (Å²) in [7, 11) is 1.91. The van der Waals surface area contributed by atoms with Gasteiger partial charge in [-0.25, -0.2) is 0 Å². The van der Waals surface area contributed by atoms with E-state index in [1.165, 1.54) is 0 Å². The number of amides is 1. The summed E-state index contributed by atoms with van der Waals surface area (Å²) in [6, 6.07) is 0.269. The van der Waals surface area contributed by atoms with Crippen LogP contribution in [0.3, 0.4) is 0 Å². The Kier molecular flexibility index (Phi) is 3.50. The summed E-state index contributed by atoms with van der Waals surface area (Å²) >= 11 is 0. The second-order valence-corrected chi connectivity index (χ2v) is 5.30. The number of rotatable bonds is 6. The largest absolute Gasteiger partial charge is 0.392 e. The van der Waals surface area contributed by atoms with Crippen LogP contribution in [0.15, 0.2) is 0 Å². The van der Waals surface area contributed by atoms with Crippen molar-refractivity contribution in [3.8, 4) is 0 Å². The topological polar surface area (TPSA) is 52.6 Å². The third-order valence-electron chi connectivity index (χ3n) is 3.61. The van der Waals surface area contributed by atoms with Crippen LogP contribution in [-0.4, -0.2) is 47.7 Å². The van der Waals surface area contributed by atoms with Gasteiger partial charge in [-0.05, 0) is 45.6 Å². The zero-order valence-corrected chi connectivity index (χ0v) is 10.1. The molecule has 2 N–H and O–H groups in total. The summed E-state index contributed by atoms with van der Waals surface area (Å²) < 4.78 is 0. The maximum atomic E-state index is 11.8. The summed E-state index contributed by atoms with van der Waals surface area (Å²) in [6.45, 7) is 2.50. The minimum atomic E-state index is -0.263. The second kappa shape index (κ2) is 4.72. The molecular formula is C12H22N2O2. The molecular weight excluding hydrogens is 204 g/mol. The van der Waals surface area contributed by atoms with Gasteiger partial charge in [-0.3, -0.25) is 9.69 Å². The fraction of sp³-hybridized carbons (Fsp3) is 0.917. The second-order valence-electron chi connectivity index (χ2n) is 5.30. The summed E-state index contributed by atoms with van der Waals surface area (Å²) in [5.74, 6) is 0.564. The Balaban J connectivity index is 1.72. The van der Waals surface area contributed by atoms with Crippen molar-refractivity contribution in [2.45, 2.75) is 50.8 Å². The van der Waals surface area contributed by atoms with Gasteiger partial charge in [0.1, 0.15) is 0 Å². The predicted octanol–water partition coefficient (Wildman–Crippen LogP) is 0.356. The van der Waals surface area contributed by atoms with Gasteiger partial charge < -0.3 is 10.4 Å². The molecule has 4 nitrogen and oxygen atoms in total. The maximum absolute atomic E-state index is 11.8. The Labute approximate surface area is 97.0 Å². The zero-order valence-electron chi connectivity index (χ0n) is 10.1. The van der Waals surface area contributed by atoms with E-state index in [-0.39, 0.29) is 18.1 Å². The molecule has 0 bridgehead atoms. The van der Waals surface area contributed by atoms with E-state index in [0.717, 1.165) is 25.7 Å². The molecule has 0 radical (unpaired) electrons. The quantitative estimate of drug-likeness (QED) is 0.687. The summed E-state index contributed by atoms with van der Waals surface area (Å²) in [5, 5.41) is 12.8. The smallest absolute Gasteiger partial charge is 0.237 e. The first-order chi connectivity index (χ1) is 7.58. The van der Waals surface area contributed by atoms with E-state index in [4.69, 9.17) is 0 Å². The summed E-state index contributed by atoms with van der Waals surface area (Å²) in [4.78, 5) is 13.7. The molecule has 0 aliphatic heterocycles. The van der Waals surface area contributed by atoms with Gasteiger partial charge >= 0.3 is 0 Å². The van der Waals surface area contributed by atoms with E-state index >= 15 is 0 Å². The van der Waals surface area contributed by atoms with Crippen molar-refractivity contribution in [2.75, 3.05) is 13.6 Å². The van der Waals surface area contributed by atoms with E-state index in [0.29, 0.717) is 18.5 Å². The lowest BCUT2D eigenvalue weighted by atomic mass is 10.2. The maximum Gasteiger partial charge on any atom is 0.237 e. The first-order valence-electron chi connectivity index (χ1n) is 6.26. The van der Waals surface area contributed by atoms with E-state index in [9.17, 15) is 9.90 Å². The van der Waals surface area contributed by atoms with Crippen molar-refractivity contribution in [2.24, 2.45) is 5.92 Å². The number of nitrogens with zero attached hydrogens (tertiary/aromatic N) is 1. The number of carbonyl (C=O) groups is 1. The molecule has 0 unspecified atom stereocenters. The van der Waals surface area contributed by atoms with Gasteiger partial charge in [0.2, 0.25) is 5.91 Å². The lowest BCUT2D eigenvalue weighted by Crippen LogP contribution is -2.46. The molecule has 0 heterocycles. The molecule has 2 fully saturated rings. The van der Waals surface area contributed by atoms with Gasteiger partial charge in [-0.15, -0.1) is 0 Å². The zero-order chi connectivity index (χ0) is 11.7. The first kappa shape index (κ1) is 11.9. The highest BCUT2D eigenvalue weighted by molar-refractivity contribution is 5.81. The highest BCUT2D eigenvalue weighted by Crippen LogP contribution is 2.32. The molecule has 0 aromatic carbocycles. The fourth-order valence-corrected chi connectivity index (χ4v) is 1.83. The third kappa shape index (κ3) is 3.19. The third-order valence-corrected chi connectivity index (χ3v) is 3.61. The molecule has 2 aliphatic carbocycles. The number of hydrogen-bond donors (Lipinski definition) is 2. The van der Waals surface area contributed by atoms with Crippen molar-refractivity contribution in [3.63, 3.8) is 0 Å². The molecule has 2 saturated carbocycles. The highest BCUT2D eigenvalue weighted by Gasteiger charge is 2.32. The molecule has 1 amide bonds. The molecule has 0 aromatic heterocycles. The Morgan fingerprint density at radius 1 is 1.44 bits per heavy atom. The standard InChI is InChI=1S/C12H22N2O2/c1-8(12(16)13-10-5-6-10)14(2)7-11(15)9-3-4-9/h8-11,15H,3-7H2,1-2H3,(H,13,16)/t8-,11+/m1/s1. The lowest BCUT2D eigenvalue weighted by Gasteiger charge is -2.26. The van der Waals surface area contributed by atoms with Crippen molar-refractivity contribution in [1.29, 1.82) is 0 Å². The van der Waals surface area contributed by atoms with Crippen LogP contribution in [0.5, 0.6) is 0 Å². The van der Waals surface area contributed by atoms with Gasteiger partial charge in [0.15, 0.2) is 0 Å². The molecule has 0 saturated heterocycles. The van der Waals surface area contributed by atoms with Crippen LogP contribution in [0.2, 0.25) is 0 Å². The Morgan fingerprint density at radius 3 is 2.56 bits per heavy atom. The Hall–Kier alpha value is -0.610. The average Bonchev–Trinajstić information content (AvgIpc) is 3.08.